The maximum absolute atomic E-state index is 13.3. The molecule has 5 heterocycles. The number of oxazole rings is 1. The van der Waals surface area contributed by atoms with Crippen LogP contribution in [0.15, 0.2) is 35.2 Å². The number of aromatic nitrogens is 3. The lowest BCUT2D eigenvalue weighted by Crippen LogP contribution is -2.48. The van der Waals surface area contributed by atoms with Gasteiger partial charge in [-0.2, -0.15) is 18.5 Å². The van der Waals surface area contributed by atoms with Gasteiger partial charge in [0.25, 0.3) is 0 Å². The van der Waals surface area contributed by atoms with Gasteiger partial charge in [0.2, 0.25) is 11.9 Å². The number of Topliss-reactive ketones (excluding diaryl/α,β-unsaturated/α-hetero) is 1. The van der Waals surface area contributed by atoms with E-state index in [1.54, 1.807) is 24.1 Å². The predicted octanol–water partition coefficient (Wildman–Crippen LogP) is 2.67. The summed E-state index contributed by atoms with van der Waals surface area (Å²) in [5, 5.41) is 14.8. The van der Waals surface area contributed by atoms with Gasteiger partial charge >= 0.3 is 0 Å². The average Bonchev–Trinajstić information content (AvgIpc) is 3.55. The molecule has 2 aromatic heterocycles. The van der Waals surface area contributed by atoms with Crippen molar-refractivity contribution in [3.63, 3.8) is 0 Å². The molecular formula is C31H40ClN7O6S. The lowest BCUT2D eigenvalue weighted by atomic mass is 9.98. The number of ketones is 1. The van der Waals surface area contributed by atoms with Crippen molar-refractivity contribution >= 4 is 48.6 Å². The van der Waals surface area contributed by atoms with Crippen LogP contribution in [-0.4, -0.2) is 106 Å². The summed E-state index contributed by atoms with van der Waals surface area (Å²) >= 11 is 6.68. The Bertz CT molecular complexity index is 1500. The van der Waals surface area contributed by atoms with Crippen LogP contribution in [0.4, 0.5) is 11.8 Å². The first-order chi connectivity index (χ1) is 21.8. The van der Waals surface area contributed by atoms with Crippen LogP contribution in [0.25, 0.3) is 0 Å². The van der Waals surface area contributed by atoms with Gasteiger partial charge in [-0.05, 0) is 30.0 Å². The first-order valence-corrected chi connectivity index (χ1v) is 15.7. The quantitative estimate of drug-likeness (QED) is 0.273. The number of nitrogens with one attached hydrogen (secondary N) is 1. The standard InChI is InChI=1S/C31H38ClN7O6.H2S/c1-20(40)38-8-10-39(11-9-38)31-35-26(12-29(36-31)34-22-16-43-17-22)27(42)4-3-23(41)15-37-7-6-25-21(14-37)2-5-28(30(25)32)44-18-24-13-33-19-45-24;/h2,5,12-13,19,22-23,41H,3-4,6-11,14-18H2,1H3,(H,34,35,36);1H2/t23-;/m0./s1. The second-order valence-corrected chi connectivity index (χ2v) is 12.1. The molecule has 0 bridgehead atoms. The highest BCUT2D eigenvalue weighted by molar-refractivity contribution is 7.59. The number of fused-ring (bicyclic) bond motifs is 1. The van der Waals surface area contributed by atoms with Crippen LogP contribution < -0.4 is 15.0 Å². The molecule has 0 saturated carbocycles. The van der Waals surface area contributed by atoms with E-state index in [2.05, 4.69) is 25.2 Å². The van der Waals surface area contributed by atoms with E-state index in [4.69, 9.17) is 25.5 Å². The number of hydrogen-bond donors (Lipinski definition) is 2. The molecule has 3 aliphatic heterocycles. The van der Waals surface area contributed by atoms with Gasteiger partial charge in [0.05, 0.1) is 36.6 Å². The van der Waals surface area contributed by atoms with E-state index >= 15 is 0 Å². The van der Waals surface area contributed by atoms with Crippen LogP contribution in [0.2, 0.25) is 5.02 Å². The Morgan fingerprint density at radius 2 is 1.98 bits per heavy atom. The van der Waals surface area contributed by atoms with Crippen molar-refractivity contribution in [1.82, 2.24) is 24.8 Å². The molecule has 0 unspecified atom stereocenters. The van der Waals surface area contributed by atoms with Gasteiger partial charge in [0, 0.05) is 65.2 Å². The summed E-state index contributed by atoms with van der Waals surface area (Å²) in [5.41, 5.74) is 2.45. The topological polar surface area (TPSA) is 146 Å². The van der Waals surface area contributed by atoms with Gasteiger partial charge in [0.1, 0.15) is 23.9 Å². The summed E-state index contributed by atoms with van der Waals surface area (Å²) in [7, 11) is 0. The molecule has 0 aliphatic carbocycles. The van der Waals surface area contributed by atoms with Crippen molar-refractivity contribution in [3.8, 4) is 5.75 Å². The number of piperazine rings is 1. The molecule has 0 spiro atoms. The summed E-state index contributed by atoms with van der Waals surface area (Å²) < 4.78 is 16.3. The Balaban J connectivity index is 0.00000417. The maximum Gasteiger partial charge on any atom is 0.228 e. The number of β-amino-alcohol motifs (C(OH)–C–C–N with tert-alkyl or cyclic N) is 1. The summed E-state index contributed by atoms with van der Waals surface area (Å²) in [6, 6.07) is 5.68. The van der Waals surface area contributed by atoms with Gasteiger partial charge in [0.15, 0.2) is 17.9 Å². The van der Waals surface area contributed by atoms with Crippen LogP contribution in [0.5, 0.6) is 5.75 Å². The summed E-state index contributed by atoms with van der Waals surface area (Å²) in [6.45, 7) is 7.13. The number of benzene rings is 1. The van der Waals surface area contributed by atoms with Gasteiger partial charge in [-0.1, -0.05) is 17.7 Å². The van der Waals surface area contributed by atoms with Gasteiger partial charge in [-0.15, -0.1) is 0 Å². The first kappa shape index (κ1) is 33.9. The number of halogens is 1. The summed E-state index contributed by atoms with van der Waals surface area (Å²) in [5.74, 6) is 2.15. The number of rotatable bonds is 12. The third kappa shape index (κ3) is 8.28. The van der Waals surface area contributed by atoms with Crippen molar-refractivity contribution in [3.05, 3.63) is 58.4 Å². The molecule has 3 aliphatic rings. The van der Waals surface area contributed by atoms with E-state index in [0.717, 1.165) is 24.1 Å². The molecule has 2 saturated heterocycles. The molecule has 1 aromatic carbocycles. The third-order valence-electron chi connectivity index (χ3n) is 8.40. The number of aliphatic hydroxyl groups is 1. The zero-order valence-electron chi connectivity index (χ0n) is 25.8. The number of nitrogens with zero attached hydrogens (tertiary/aromatic N) is 6. The lowest BCUT2D eigenvalue weighted by molar-refractivity contribution is -0.129. The van der Waals surface area contributed by atoms with Gasteiger partial charge < -0.3 is 34.1 Å². The van der Waals surface area contributed by atoms with E-state index in [0.29, 0.717) is 92.9 Å². The summed E-state index contributed by atoms with van der Waals surface area (Å²) in [4.78, 5) is 44.2. The fraction of sp³-hybridized carbons (Fsp3) is 0.516. The van der Waals surface area contributed by atoms with Crippen LogP contribution >= 0.6 is 25.1 Å². The van der Waals surface area contributed by atoms with E-state index in [-0.39, 0.29) is 44.3 Å². The highest BCUT2D eigenvalue weighted by atomic mass is 35.5. The van der Waals surface area contributed by atoms with Crippen LogP contribution in [0.1, 0.15) is 47.1 Å². The Hall–Kier alpha value is -3.43. The van der Waals surface area contributed by atoms with Crippen molar-refractivity contribution in [2.45, 2.75) is 51.5 Å². The van der Waals surface area contributed by atoms with Crippen molar-refractivity contribution in [2.24, 2.45) is 0 Å². The number of carbonyl (C=O) groups is 2. The molecule has 2 N–H and O–H groups in total. The predicted molar refractivity (Wildman–Crippen MR) is 176 cm³/mol. The van der Waals surface area contributed by atoms with Crippen LogP contribution in [0, 0.1) is 0 Å². The van der Waals surface area contributed by atoms with Gasteiger partial charge in [-0.25, -0.2) is 9.97 Å². The first-order valence-electron chi connectivity index (χ1n) is 15.3. The van der Waals surface area contributed by atoms with Crippen molar-refractivity contribution < 1.29 is 28.6 Å². The number of carbonyl (C=O) groups excluding carboxylic acids is 2. The molecule has 46 heavy (non-hydrogen) atoms. The smallest absolute Gasteiger partial charge is 0.228 e. The Morgan fingerprint density at radius 3 is 2.67 bits per heavy atom. The lowest BCUT2D eigenvalue weighted by Gasteiger charge is -2.34. The molecule has 3 aromatic rings. The van der Waals surface area contributed by atoms with E-state index in [1.165, 1.54) is 6.39 Å². The molecule has 2 fully saturated rings. The largest absolute Gasteiger partial charge is 0.484 e. The van der Waals surface area contributed by atoms with E-state index in [9.17, 15) is 14.7 Å². The Labute approximate surface area is 279 Å². The second kappa shape index (κ2) is 15.4. The molecule has 248 valence electrons. The minimum atomic E-state index is -0.679. The molecule has 6 rings (SSSR count). The minimum absolute atomic E-state index is 0. The van der Waals surface area contributed by atoms with E-state index < -0.39 is 6.10 Å². The monoisotopic (exact) mass is 673 g/mol. The Morgan fingerprint density at radius 1 is 1.17 bits per heavy atom. The Kier molecular flexibility index (Phi) is 11.4. The highest BCUT2D eigenvalue weighted by Gasteiger charge is 2.26. The zero-order chi connectivity index (χ0) is 31.3. The SMILES string of the molecule is CC(=O)N1CCN(c2nc(NC3COC3)cc(C(=O)CC[C@H](O)CN3CCc4c(ccc(OCc5cnco5)c4Cl)C3)n2)CC1.S. The van der Waals surface area contributed by atoms with Crippen LogP contribution in [0.3, 0.4) is 0 Å². The molecule has 1 amide bonds. The maximum atomic E-state index is 13.3. The molecule has 0 radical (unpaired) electrons. The zero-order valence-corrected chi connectivity index (χ0v) is 27.5. The molecule has 15 heteroatoms. The molecular weight excluding hydrogens is 634 g/mol. The van der Waals surface area contributed by atoms with Gasteiger partial charge in [-0.3, -0.25) is 14.5 Å². The number of aliphatic hydroxyl groups excluding tert-OH is 1. The summed E-state index contributed by atoms with van der Waals surface area (Å²) in [6.07, 6.45) is 3.49. The number of hydrogen-bond acceptors (Lipinski definition) is 12. The highest BCUT2D eigenvalue weighted by Crippen LogP contribution is 2.34. The number of amides is 1. The number of ether oxygens (including phenoxy) is 2. The second-order valence-electron chi connectivity index (χ2n) is 11.7. The number of anilines is 2. The average molecular weight is 674 g/mol. The van der Waals surface area contributed by atoms with Crippen LogP contribution in [-0.2, 0) is 29.1 Å². The third-order valence-corrected chi connectivity index (χ3v) is 8.82. The molecule has 1 atom stereocenters. The fourth-order valence-electron chi connectivity index (χ4n) is 5.73. The van der Waals surface area contributed by atoms with E-state index in [1.807, 2.05) is 17.0 Å². The molecule has 13 nitrogen and oxygen atoms in total. The van der Waals surface area contributed by atoms with Crippen molar-refractivity contribution in [1.29, 1.82) is 0 Å². The van der Waals surface area contributed by atoms with Crippen molar-refractivity contribution in [2.75, 3.05) is 62.7 Å². The minimum Gasteiger partial charge on any atom is -0.484 e. The normalized spacial score (nSPS) is 17.5. The fourth-order valence-corrected chi connectivity index (χ4v) is 6.07.